The van der Waals surface area contributed by atoms with E-state index in [4.69, 9.17) is 14.5 Å². The number of urea groups is 1. The second kappa shape index (κ2) is 10.6. The highest BCUT2D eigenvalue weighted by atomic mass is 19.4. The van der Waals surface area contributed by atoms with Gasteiger partial charge in [-0.1, -0.05) is 23.4 Å². The number of carbonyl (C=O) groups is 1. The van der Waals surface area contributed by atoms with Crippen molar-refractivity contribution in [1.29, 1.82) is 5.26 Å². The zero-order valence-electron chi connectivity index (χ0n) is 19.5. The second-order valence-electron chi connectivity index (χ2n) is 9.12. The molecule has 2 aliphatic rings. The maximum absolute atomic E-state index is 13.4. The van der Waals surface area contributed by atoms with Crippen molar-refractivity contribution in [3.05, 3.63) is 47.1 Å². The number of nitrogens with zero attached hydrogens (tertiary/aromatic N) is 5. The third kappa shape index (κ3) is 5.93. The molecule has 2 fully saturated rings. The van der Waals surface area contributed by atoms with E-state index in [2.05, 4.69) is 16.2 Å². The molecular weight excluding hydrogens is 463 g/mol. The maximum atomic E-state index is 13.4. The lowest BCUT2D eigenvalue weighted by Crippen LogP contribution is -2.51. The van der Waals surface area contributed by atoms with Crippen molar-refractivity contribution in [3.63, 3.8) is 0 Å². The first-order valence-electron chi connectivity index (χ1n) is 11.7. The summed E-state index contributed by atoms with van der Waals surface area (Å²) >= 11 is 0. The molecule has 1 aromatic heterocycles. The van der Waals surface area contributed by atoms with E-state index < -0.39 is 11.7 Å². The fourth-order valence-electron chi connectivity index (χ4n) is 4.77. The molecule has 11 heteroatoms. The average Bonchev–Trinajstić information content (AvgIpc) is 3.35. The molecule has 35 heavy (non-hydrogen) atoms. The molecule has 0 spiro atoms. The van der Waals surface area contributed by atoms with E-state index in [1.54, 1.807) is 23.0 Å². The molecule has 0 N–H and O–H groups in total. The number of rotatable bonds is 5. The van der Waals surface area contributed by atoms with Crippen LogP contribution in [0.3, 0.4) is 0 Å². The van der Waals surface area contributed by atoms with E-state index in [0.29, 0.717) is 75.7 Å². The highest BCUT2D eigenvalue weighted by Crippen LogP contribution is 2.38. The summed E-state index contributed by atoms with van der Waals surface area (Å²) in [6, 6.07) is 7.35. The summed E-state index contributed by atoms with van der Waals surface area (Å²) in [6.45, 7) is 2.01. The second-order valence-corrected chi connectivity index (χ2v) is 9.12. The van der Waals surface area contributed by atoms with Crippen LogP contribution in [-0.4, -0.2) is 65.9 Å². The Morgan fingerprint density at radius 2 is 1.97 bits per heavy atom. The van der Waals surface area contributed by atoms with E-state index in [0.717, 1.165) is 12.1 Å². The van der Waals surface area contributed by atoms with Gasteiger partial charge in [0.05, 0.1) is 24.2 Å². The molecule has 2 aromatic rings. The van der Waals surface area contributed by atoms with Gasteiger partial charge in [0.1, 0.15) is 0 Å². The van der Waals surface area contributed by atoms with Gasteiger partial charge >= 0.3 is 12.2 Å². The number of amides is 2. The predicted octanol–water partition coefficient (Wildman–Crippen LogP) is 4.21. The zero-order valence-corrected chi connectivity index (χ0v) is 19.5. The Bertz CT molecular complexity index is 1060. The average molecular weight is 492 g/mol. The number of piperidine rings is 2. The number of nitriles is 1. The molecule has 1 aromatic carbocycles. The normalized spacial score (nSPS) is 21.7. The molecule has 0 aliphatic carbocycles. The van der Waals surface area contributed by atoms with Gasteiger partial charge in [-0.25, -0.2) is 4.79 Å². The molecule has 188 valence electrons. The smallest absolute Gasteiger partial charge is 0.384 e. The third-order valence-corrected chi connectivity index (χ3v) is 6.72. The summed E-state index contributed by atoms with van der Waals surface area (Å²) in [6.07, 6.45) is -2.27. The van der Waals surface area contributed by atoms with Gasteiger partial charge in [0.15, 0.2) is 5.82 Å². The largest absolute Gasteiger partial charge is 0.416 e. The van der Waals surface area contributed by atoms with Crippen LogP contribution in [0.5, 0.6) is 0 Å². The molecule has 0 radical (unpaired) electrons. The zero-order chi connectivity index (χ0) is 25.0. The number of alkyl halides is 3. The van der Waals surface area contributed by atoms with E-state index in [9.17, 15) is 18.0 Å². The maximum Gasteiger partial charge on any atom is 0.416 e. The van der Waals surface area contributed by atoms with Crippen LogP contribution < -0.4 is 0 Å². The highest BCUT2D eigenvalue weighted by molar-refractivity contribution is 5.75. The number of benzene rings is 1. The Kier molecular flexibility index (Phi) is 7.60. The Labute approximate surface area is 201 Å². The predicted molar refractivity (Wildman–Crippen MR) is 118 cm³/mol. The summed E-state index contributed by atoms with van der Waals surface area (Å²) in [4.78, 5) is 21.2. The third-order valence-electron chi connectivity index (χ3n) is 6.72. The number of ether oxygens (including phenoxy) is 1. The van der Waals surface area contributed by atoms with Crippen LogP contribution in [0, 0.1) is 17.2 Å². The summed E-state index contributed by atoms with van der Waals surface area (Å²) in [5, 5.41) is 13.1. The van der Waals surface area contributed by atoms with Crippen molar-refractivity contribution in [1.82, 2.24) is 19.9 Å². The number of hydrogen-bond acceptors (Lipinski definition) is 6. The van der Waals surface area contributed by atoms with Crippen LogP contribution in [0.15, 0.2) is 28.8 Å². The van der Waals surface area contributed by atoms with Crippen LogP contribution in [0.25, 0.3) is 0 Å². The Hall–Kier alpha value is -3.13. The van der Waals surface area contributed by atoms with Crippen molar-refractivity contribution in [3.8, 4) is 6.07 Å². The SMILES string of the molecule is COCCc1noc(C2CC(c3cccc(C(F)(F)F)c3)CN(C(=O)N3CCC(C#N)CC3)C2)n1. The minimum Gasteiger partial charge on any atom is -0.384 e. The van der Waals surface area contributed by atoms with Gasteiger partial charge in [0.25, 0.3) is 0 Å². The number of hydrogen-bond donors (Lipinski definition) is 0. The van der Waals surface area contributed by atoms with Crippen molar-refractivity contribution in [2.45, 2.75) is 43.7 Å². The van der Waals surface area contributed by atoms with Crippen molar-refractivity contribution >= 4 is 6.03 Å². The standard InChI is InChI=1S/C24H28F3N5O3/c1-34-10-7-21-29-22(35-30-21)19-11-18(17-3-2-4-20(12-17)24(25,26)27)14-32(15-19)23(33)31-8-5-16(13-28)6-9-31/h2-4,12,16,18-19H,5-11,14-15H2,1H3. The first-order chi connectivity index (χ1) is 16.8. The van der Waals surface area contributed by atoms with Gasteiger partial charge < -0.3 is 19.1 Å². The van der Waals surface area contributed by atoms with Crippen molar-refractivity contribution in [2.24, 2.45) is 5.92 Å². The molecule has 2 aliphatic heterocycles. The summed E-state index contributed by atoms with van der Waals surface area (Å²) in [5.74, 6) is 0.154. The van der Waals surface area contributed by atoms with Gasteiger partial charge in [0.2, 0.25) is 5.89 Å². The molecular formula is C24H28F3N5O3. The molecule has 2 unspecified atom stereocenters. The lowest BCUT2D eigenvalue weighted by molar-refractivity contribution is -0.137. The fraction of sp³-hybridized carbons (Fsp3) is 0.583. The van der Waals surface area contributed by atoms with Crippen molar-refractivity contribution < 1.29 is 27.2 Å². The molecule has 4 rings (SSSR count). The first-order valence-corrected chi connectivity index (χ1v) is 11.7. The number of likely N-dealkylation sites (tertiary alicyclic amines) is 2. The van der Waals surface area contributed by atoms with E-state index in [1.165, 1.54) is 6.07 Å². The molecule has 0 saturated carbocycles. The topological polar surface area (TPSA) is 95.5 Å². The Morgan fingerprint density at radius 1 is 1.23 bits per heavy atom. The number of carbonyl (C=O) groups excluding carboxylic acids is 1. The quantitative estimate of drug-likeness (QED) is 0.622. The van der Waals surface area contributed by atoms with Crippen LogP contribution in [0.4, 0.5) is 18.0 Å². The monoisotopic (exact) mass is 491 g/mol. The first kappa shape index (κ1) is 25.0. The van der Waals surface area contributed by atoms with Gasteiger partial charge in [-0.15, -0.1) is 0 Å². The summed E-state index contributed by atoms with van der Waals surface area (Å²) in [5.41, 5.74) is -0.196. The molecule has 2 saturated heterocycles. The highest BCUT2D eigenvalue weighted by Gasteiger charge is 2.38. The summed E-state index contributed by atoms with van der Waals surface area (Å²) < 4.78 is 50.6. The lowest BCUT2D eigenvalue weighted by Gasteiger charge is -2.40. The van der Waals surface area contributed by atoms with E-state index in [-0.39, 0.29) is 23.8 Å². The van der Waals surface area contributed by atoms with Crippen LogP contribution in [0.1, 0.15) is 53.9 Å². The minimum absolute atomic E-state index is 0.0603. The molecule has 2 amide bonds. The molecule has 2 atom stereocenters. The van der Waals surface area contributed by atoms with Crippen molar-refractivity contribution in [2.75, 3.05) is 39.9 Å². The lowest BCUT2D eigenvalue weighted by atomic mass is 9.84. The molecule has 0 bridgehead atoms. The molecule has 8 nitrogen and oxygen atoms in total. The number of methoxy groups -OCH3 is 1. The number of aromatic nitrogens is 2. The summed E-state index contributed by atoms with van der Waals surface area (Å²) in [7, 11) is 1.57. The van der Waals surface area contributed by atoms with Gasteiger partial charge in [0, 0.05) is 51.5 Å². The van der Waals surface area contributed by atoms with Gasteiger partial charge in [-0.3, -0.25) is 0 Å². The van der Waals surface area contributed by atoms with E-state index in [1.807, 2.05) is 0 Å². The number of halogens is 3. The Balaban J connectivity index is 1.58. The minimum atomic E-state index is -4.45. The van der Waals surface area contributed by atoms with Gasteiger partial charge in [-0.2, -0.15) is 23.4 Å². The molecule has 3 heterocycles. The van der Waals surface area contributed by atoms with Crippen LogP contribution in [0.2, 0.25) is 0 Å². The fourth-order valence-corrected chi connectivity index (χ4v) is 4.77. The van der Waals surface area contributed by atoms with Crippen LogP contribution in [-0.2, 0) is 17.3 Å². The van der Waals surface area contributed by atoms with E-state index >= 15 is 0 Å². The van der Waals surface area contributed by atoms with Crippen LogP contribution >= 0.6 is 0 Å². The van der Waals surface area contributed by atoms with Gasteiger partial charge in [-0.05, 0) is 30.9 Å². The Morgan fingerprint density at radius 3 is 2.66 bits per heavy atom.